The molecule has 3 heterocycles. The zero-order chi connectivity index (χ0) is 22.1. The molecule has 1 fully saturated rings. The van der Waals surface area contributed by atoms with Gasteiger partial charge in [-0.1, -0.05) is 18.2 Å². The molecule has 2 aromatic heterocycles. The van der Waals surface area contributed by atoms with E-state index < -0.39 is 0 Å². The molecule has 2 aliphatic rings. The summed E-state index contributed by atoms with van der Waals surface area (Å²) in [6, 6.07) is 7.02. The Bertz CT molecular complexity index is 1220. The van der Waals surface area contributed by atoms with Crippen LogP contribution in [0.25, 0.3) is 11.0 Å². The molecule has 3 N–H and O–H groups in total. The molecule has 5 rings (SSSR count). The number of ether oxygens (including phenoxy) is 1. The number of aromatic hydroxyl groups is 1. The van der Waals surface area contributed by atoms with Gasteiger partial charge in [0.05, 0.1) is 18.6 Å². The lowest BCUT2D eigenvalue weighted by Crippen LogP contribution is -2.39. The van der Waals surface area contributed by atoms with Crippen molar-refractivity contribution in [2.24, 2.45) is 0 Å². The van der Waals surface area contributed by atoms with Crippen LogP contribution in [0.15, 0.2) is 35.3 Å². The number of rotatable bonds is 5. The number of morpholine rings is 1. The number of phenols is 1. The molecular weight excluding hydrogens is 410 g/mol. The molecule has 0 bridgehead atoms. The monoisotopic (exact) mass is 435 g/mol. The molecule has 0 unspecified atom stereocenters. The first kappa shape index (κ1) is 20.6. The third-order valence-electron chi connectivity index (χ3n) is 6.23. The standard InChI is InChI=1S/C23H25N5O4/c29-18-4-2-1-3-15(18)14-11-16-17(19(30)12-14)13-25-21-20(16)22(31)27-23(26-21)24-5-6-28-7-9-32-10-8-28/h1-4,13-14,29H,5-12H2,(H2,24,25,26,27,31)/t14-/m0/s1. The van der Waals surface area contributed by atoms with E-state index in [9.17, 15) is 14.7 Å². The molecule has 166 valence electrons. The Hall–Kier alpha value is -3.30. The number of nitrogens with zero attached hydrogens (tertiary/aromatic N) is 3. The highest BCUT2D eigenvalue weighted by Crippen LogP contribution is 2.37. The van der Waals surface area contributed by atoms with E-state index in [1.54, 1.807) is 12.1 Å². The number of phenolic OH excluding ortho intramolecular Hbond substituents is 1. The van der Waals surface area contributed by atoms with Crippen LogP contribution >= 0.6 is 0 Å². The number of fused-ring (bicyclic) bond motifs is 3. The molecule has 0 spiro atoms. The Morgan fingerprint density at radius 3 is 2.81 bits per heavy atom. The number of para-hydroxylation sites is 1. The first-order valence-corrected chi connectivity index (χ1v) is 10.9. The molecule has 1 atom stereocenters. The number of benzene rings is 1. The van der Waals surface area contributed by atoms with Gasteiger partial charge >= 0.3 is 0 Å². The van der Waals surface area contributed by atoms with Gasteiger partial charge in [-0.05, 0) is 29.5 Å². The van der Waals surface area contributed by atoms with E-state index in [4.69, 9.17) is 4.74 Å². The number of aromatic nitrogens is 3. The average molecular weight is 435 g/mol. The number of carbonyl (C=O) groups is 1. The van der Waals surface area contributed by atoms with Gasteiger partial charge in [-0.25, -0.2) is 4.98 Å². The van der Waals surface area contributed by atoms with Gasteiger partial charge in [0.25, 0.3) is 5.56 Å². The summed E-state index contributed by atoms with van der Waals surface area (Å²) in [7, 11) is 0. The second-order valence-electron chi connectivity index (χ2n) is 8.23. The van der Waals surface area contributed by atoms with Crippen LogP contribution in [0.4, 0.5) is 5.95 Å². The Morgan fingerprint density at radius 2 is 2.00 bits per heavy atom. The maximum Gasteiger partial charge on any atom is 0.262 e. The number of H-pyrrole nitrogens is 1. The number of hydrogen-bond donors (Lipinski definition) is 3. The Morgan fingerprint density at radius 1 is 1.19 bits per heavy atom. The molecule has 0 saturated carbocycles. The SMILES string of the molecule is O=C1C[C@@H](c2ccccc2O)Cc2c1cnc1nc(NCCN3CCOCC3)[nH]c(=O)c21. The lowest BCUT2D eigenvalue weighted by atomic mass is 9.79. The zero-order valence-corrected chi connectivity index (χ0v) is 17.6. The third-order valence-corrected chi connectivity index (χ3v) is 6.23. The van der Waals surface area contributed by atoms with Crippen molar-refractivity contribution in [2.75, 3.05) is 44.7 Å². The summed E-state index contributed by atoms with van der Waals surface area (Å²) in [5, 5.41) is 13.8. The minimum atomic E-state index is -0.320. The summed E-state index contributed by atoms with van der Waals surface area (Å²) in [5.41, 5.74) is 1.81. The van der Waals surface area contributed by atoms with Crippen LogP contribution in [0.2, 0.25) is 0 Å². The Labute approximate surface area is 184 Å². The van der Waals surface area contributed by atoms with E-state index in [0.717, 1.165) is 32.8 Å². The van der Waals surface area contributed by atoms with Crippen LogP contribution in [0.5, 0.6) is 5.75 Å². The fourth-order valence-electron chi connectivity index (χ4n) is 4.56. The zero-order valence-electron chi connectivity index (χ0n) is 17.6. The van der Waals surface area contributed by atoms with Crippen molar-refractivity contribution in [2.45, 2.75) is 18.8 Å². The topological polar surface area (TPSA) is 120 Å². The maximum atomic E-state index is 13.0. The molecule has 0 radical (unpaired) electrons. The molecule has 3 aromatic rings. The highest BCUT2D eigenvalue weighted by atomic mass is 16.5. The predicted octanol–water partition coefficient (Wildman–Crippen LogP) is 1.68. The number of ketones is 1. The van der Waals surface area contributed by atoms with Crippen LogP contribution < -0.4 is 10.9 Å². The second-order valence-corrected chi connectivity index (χ2v) is 8.23. The van der Waals surface area contributed by atoms with E-state index >= 15 is 0 Å². The van der Waals surface area contributed by atoms with Crippen molar-refractivity contribution < 1.29 is 14.6 Å². The molecule has 0 amide bonds. The summed E-state index contributed by atoms with van der Waals surface area (Å²) < 4.78 is 5.36. The molecule has 9 nitrogen and oxygen atoms in total. The van der Waals surface area contributed by atoms with E-state index in [2.05, 4.69) is 25.2 Å². The van der Waals surface area contributed by atoms with Gasteiger partial charge in [-0.2, -0.15) is 4.98 Å². The number of hydrogen-bond acceptors (Lipinski definition) is 8. The van der Waals surface area contributed by atoms with Gasteiger partial charge < -0.3 is 15.2 Å². The summed E-state index contributed by atoms with van der Waals surface area (Å²) in [6.07, 6.45) is 2.25. The molecule has 1 aliphatic heterocycles. The molecular formula is C23H25N5O4. The highest BCUT2D eigenvalue weighted by Gasteiger charge is 2.30. The van der Waals surface area contributed by atoms with Crippen LogP contribution in [0, 0.1) is 0 Å². The van der Waals surface area contributed by atoms with Crippen molar-refractivity contribution >= 4 is 22.8 Å². The summed E-state index contributed by atoms with van der Waals surface area (Å²) in [5.74, 6) is 0.238. The lowest BCUT2D eigenvalue weighted by Gasteiger charge is -2.26. The van der Waals surface area contributed by atoms with Crippen LogP contribution in [-0.2, 0) is 11.2 Å². The Balaban J connectivity index is 1.42. The van der Waals surface area contributed by atoms with Crippen molar-refractivity contribution in [3.63, 3.8) is 0 Å². The molecule has 1 saturated heterocycles. The number of aromatic amines is 1. The summed E-state index contributed by atoms with van der Waals surface area (Å²) in [6.45, 7) is 4.71. The molecule has 1 aliphatic carbocycles. The number of nitrogens with one attached hydrogen (secondary N) is 2. The van der Waals surface area contributed by atoms with E-state index in [1.165, 1.54) is 6.20 Å². The van der Waals surface area contributed by atoms with Gasteiger partial charge in [-0.3, -0.25) is 19.5 Å². The third kappa shape index (κ3) is 3.96. The number of Topliss-reactive ketones (excluding diaryl/α,β-unsaturated/α-hetero) is 1. The number of pyridine rings is 1. The summed E-state index contributed by atoms with van der Waals surface area (Å²) in [4.78, 5) is 39.7. The molecule has 32 heavy (non-hydrogen) atoms. The Kier molecular flexibility index (Phi) is 5.59. The smallest absolute Gasteiger partial charge is 0.262 e. The van der Waals surface area contributed by atoms with Crippen LogP contribution in [-0.4, -0.2) is 70.1 Å². The largest absolute Gasteiger partial charge is 0.508 e. The minimum absolute atomic E-state index is 0.0824. The molecule has 9 heteroatoms. The van der Waals surface area contributed by atoms with Gasteiger partial charge in [0.1, 0.15) is 5.75 Å². The van der Waals surface area contributed by atoms with E-state index in [1.807, 2.05) is 12.1 Å². The first-order chi connectivity index (χ1) is 15.6. The van der Waals surface area contributed by atoms with Crippen molar-refractivity contribution in [1.29, 1.82) is 0 Å². The average Bonchev–Trinajstić information content (AvgIpc) is 2.79. The maximum absolute atomic E-state index is 13.0. The highest BCUT2D eigenvalue weighted by molar-refractivity contribution is 6.02. The van der Waals surface area contributed by atoms with Gasteiger partial charge in [-0.15, -0.1) is 0 Å². The fourth-order valence-corrected chi connectivity index (χ4v) is 4.56. The quantitative estimate of drug-likeness (QED) is 0.554. The minimum Gasteiger partial charge on any atom is -0.508 e. The molecule has 1 aromatic carbocycles. The lowest BCUT2D eigenvalue weighted by molar-refractivity contribution is 0.0398. The van der Waals surface area contributed by atoms with Crippen molar-refractivity contribution in [3.05, 3.63) is 57.5 Å². The fraction of sp³-hybridized carbons (Fsp3) is 0.391. The summed E-state index contributed by atoms with van der Waals surface area (Å²) >= 11 is 0. The van der Waals surface area contributed by atoms with Gasteiger partial charge in [0, 0.05) is 44.4 Å². The van der Waals surface area contributed by atoms with Crippen LogP contribution in [0.3, 0.4) is 0 Å². The normalized spacial score (nSPS) is 19.1. The second kappa shape index (κ2) is 8.68. The van der Waals surface area contributed by atoms with Gasteiger partial charge in [0.2, 0.25) is 5.95 Å². The van der Waals surface area contributed by atoms with Gasteiger partial charge in [0.15, 0.2) is 11.4 Å². The first-order valence-electron chi connectivity index (χ1n) is 10.9. The van der Waals surface area contributed by atoms with Crippen molar-refractivity contribution in [3.8, 4) is 5.75 Å². The van der Waals surface area contributed by atoms with E-state index in [-0.39, 0.29) is 29.4 Å². The van der Waals surface area contributed by atoms with E-state index in [0.29, 0.717) is 46.6 Å². The number of anilines is 1. The predicted molar refractivity (Wildman–Crippen MR) is 119 cm³/mol. The number of carbonyl (C=O) groups excluding carboxylic acids is 1. The van der Waals surface area contributed by atoms with Crippen LogP contribution in [0.1, 0.15) is 33.8 Å². The van der Waals surface area contributed by atoms with Crippen molar-refractivity contribution in [1.82, 2.24) is 19.9 Å².